The standard InChI is InChI=1S/C4H6BI2NO/c1-4(2,6)3(9)8(5)7/h1-2H3. The van der Waals surface area contributed by atoms with E-state index in [0.29, 0.717) is 0 Å². The number of halogens is 2. The number of nitrogens with zero attached hydrogens (tertiary/aromatic N) is 1. The van der Waals surface area contributed by atoms with Crippen LogP contribution in [0.1, 0.15) is 13.8 Å². The van der Waals surface area contributed by atoms with Crippen LogP contribution in [0.3, 0.4) is 0 Å². The van der Waals surface area contributed by atoms with Gasteiger partial charge in [-0.2, -0.15) is 0 Å². The summed E-state index contributed by atoms with van der Waals surface area (Å²) in [6.07, 6.45) is 0. The van der Waals surface area contributed by atoms with Crippen molar-refractivity contribution in [2.75, 3.05) is 0 Å². The molecule has 2 nitrogen and oxygen atoms in total. The molecule has 0 aliphatic carbocycles. The summed E-state index contributed by atoms with van der Waals surface area (Å²) in [4.78, 5) is 11.0. The summed E-state index contributed by atoms with van der Waals surface area (Å²) in [6, 6.07) is 0. The smallest absolute Gasteiger partial charge is 0.246 e. The van der Waals surface area contributed by atoms with E-state index in [-0.39, 0.29) is 5.91 Å². The maximum Gasteiger partial charge on any atom is 0.246 e. The predicted molar refractivity (Wildman–Crippen MR) is 54.7 cm³/mol. The second kappa shape index (κ2) is 3.40. The van der Waals surface area contributed by atoms with Crippen LogP contribution in [-0.2, 0) is 4.79 Å². The molecule has 0 bridgehead atoms. The van der Waals surface area contributed by atoms with E-state index in [9.17, 15) is 4.79 Å². The van der Waals surface area contributed by atoms with Crippen molar-refractivity contribution < 1.29 is 4.79 Å². The molecular weight excluding hydrogens is 343 g/mol. The molecule has 5 heteroatoms. The van der Waals surface area contributed by atoms with Crippen molar-refractivity contribution in [3.8, 4) is 0 Å². The van der Waals surface area contributed by atoms with Crippen LogP contribution in [0.4, 0.5) is 0 Å². The number of hydrogen-bond acceptors (Lipinski definition) is 1. The zero-order valence-electron chi connectivity index (χ0n) is 5.19. The normalized spacial score (nSPS) is 11.1. The molecule has 2 radical (unpaired) electrons. The number of rotatable bonds is 1. The van der Waals surface area contributed by atoms with Crippen LogP contribution < -0.4 is 0 Å². The van der Waals surface area contributed by atoms with E-state index in [4.69, 9.17) is 7.98 Å². The first-order chi connectivity index (χ1) is 3.85. The molecule has 0 spiro atoms. The summed E-state index contributed by atoms with van der Waals surface area (Å²) >= 11 is 3.79. The van der Waals surface area contributed by atoms with Gasteiger partial charge in [-0.1, -0.05) is 22.6 Å². The molecule has 0 N–H and O–H groups in total. The molecule has 0 saturated heterocycles. The first-order valence-corrected chi connectivity index (χ1v) is 4.34. The molecule has 0 unspecified atom stereocenters. The lowest BCUT2D eigenvalue weighted by molar-refractivity contribution is -0.123. The Morgan fingerprint density at radius 1 is 1.67 bits per heavy atom. The Hall–Kier alpha value is 0.995. The quantitative estimate of drug-likeness (QED) is 0.304. The van der Waals surface area contributed by atoms with E-state index in [2.05, 4.69) is 0 Å². The summed E-state index contributed by atoms with van der Waals surface area (Å²) in [5.41, 5.74) is 0. The molecule has 1 amide bonds. The van der Waals surface area contributed by atoms with Gasteiger partial charge in [-0.3, -0.25) is 4.79 Å². The Morgan fingerprint density at radius 3 is 2.00 bits per heavy atom. The van der Waals surface area contributed by atoms with Crippen molar-refractivity contribution >= 4 is 59.3 Å². The largest absolute Gasteiger partial charge is 0.342 e. The summed E-state index contributed by atoms with van der Waals surface area (Å²) in [7, 11) is 5.19. The van der Waals surface area contributed by atoms with Gasteiger partial charge in [0.25, 0.3) is 0 Å². The summed E-state index contributed by atoms with van der Waals surface area (Å²) < 4.78 is 0.678. The van der Waals surface area contributed by atoms with Crippen molar-refractivity contribution in [1.29, 1.82) is 0 Å². The fourth-order valence-corrected chi connectivity index (χ4v) is 1.58. The maximum absolute atomic E-state index is 11.0. The van der Waals surface area contributed by atoms with E-state index in [1.165, 1.54) is 0 Å². The van der Waals surface area contributed by atoms with Gasteiger partial charge in [0.1, 0.15) is 0 Å². The number of carbonyl (C=O) groups excluding carboxylic acids is 1. The Balaban J connectivity index is 4.06. The van der Waals surface area contributed by atoms with Crippen LogP contribution in [0.25, 0.3) is 0 Å². The lowest BCUT2D eigenvalue weighted by Gasteiger charge is -2.18. The molecule has 0 aliphatic rings. The molecule has 0 heterocycles. The monoisotopic (exact) mass is 349 g/mol. The van der Waals surface area contributed by atoms with E-state index in [1.807, 2.05) is 36.4 Å². The topological polar surface area (TPSA) is 20.3 Å². The highest BCUT2D eigenvalue weighted by Gasteiger charge is 2.24. The van der Waals surface area contributed by atoms with Gasteiger partial charge in [0.05, 0.1) is 3.42 Å². The van der Waals surface area contributed by atoms with Gasteiger partial charge in [-0.15, -0.1) is 0 Å². The molecule has 0 aromatic rings. The number of hydrogen-bond donors (Lipinski definition) is 0. The van der Waals surface area contributed by atoms with E-state index < -0.39 is 3.42 Å². The molecule has 0 rings (SSSR count). The molecule has 0 aliphatic heterocycles. The van der Waals surface area contributed by atoms with Gasteiger partial charge >= 0.3 is 0 Å². The van der Waals surface area contributed by atoms with Gasteiger partial charge < -0.3 is 3.02 Å². The van der Waals surface area contributed by atoms with Gasteiger partial charge in [0.15, 0.2) is 0 Å². The zero-order chi connectivity index (χ0) is 7.65. The van der Waals surface area contributed by atoms with Crippen LogP contribution >= 0.6 is 45.5 Å². The summed E-state index contributed by atoms with van der Waals surface area (Å²) in [5, 5.41) is 0. The Morgan fingerprint density at radius 2 is 2.00 bits per heavy atom. The van der Waals surface area contributed by atoms with Crippen LogP contribution in [0, 0.1) is 0 Å². The fraction of sp³-hybridized carbons (Fsp3) is 0.750. The molecule has 0 aromatic carbocycles. The zero-order valence-corrected chi connectivity index (χ0v) is 9.50. The average molecular weight is 349 g/mol. The Bertz CT molecular complexity index is 120. The third-order valence-corrected chi connectivity index (χ3v) is 1.60. The fourth-order valence-electron chi connectivity index (χ4n) is 0.254. The highest BCUT2D eigenvalue weighted by Crippen LogP contribution is 2.20. The Kier molecular flexibility index (Phi) is 3.78. The minimum Gasteiger partial charge on any atom is -0.342 e. The van der Waals surface area contributed by atoms with Gasteiger partial charge in [-0.25, -0.2) is 0 Å². The lowest BCUT2D eigenvalue weighted by atomic mass is 10.2. The number of alkyl halides is 1. The van der Waals surface area contributed by atoms with Crippen LogP contribution in [0.5, 0.6) is 0 Å². The molecule has 9 heavy (non-hydrogen) atoms. The highest BCUT2D eigenvalue weighted by molar-refractivity contribution is 14.1. The first-order valence-electron chi connectivity index (χ1n) is 2.29. The molecule has 0 saturated carbocycles. The Labute approximate surface area is 83.8 Å². The second-order valence-corrected chi connectivity index (χ2v) is 5.83. The summed E-state index contributed by atoms with van der Waals surface area (Å²) in [5.74, 6) is -0.0799. The minimum atomic E-state index is -0.395. The van der Waals surface area contributed by atoms with Crippen LogP contribution in [-0.4, -0.2) is 20.3 Å². The number of amides is 1. The average Bonchev–Trinajstić information content (AvgIpc) is 1.62. The first kappa shape index (κ1) is 9.99. The summed E-state index contributed by atoms with van der Waals surface area (Å²) in [6.45, 7) is 3.63. The number of carbonyl (C=O) groups is 1. The van der Waals surface area contributed by atoms with Gasteiger partial charge in [0.2, 0.25) is 13.9 Å². The molecule has 50 valence electrons. The molecular formula is C4H6BI2NO. The van der Waals surface area contributed by atoms with Crippen molar-refractivity contribution in [3.05, 3.63) is 0 Å². The predicted octanol–water partition coefficient (Wildman–Crippen LogP) is 1.46. The van der Waals surface area contributed by atoms with E-state index in [0.717, 1.165) is 3.02 Å². The molecule has 0 atom stereocenters. The minimum absolute atomic E-state index is 0.0799. The van der Waals surface area contributed by atoms with Crippen molar-refractivity contribution in [1.82, 2.24) is 3.02 Å². The highest BCUT2D eigenvalue weighted by atomic mass is 127. The second-order valence-electron chi connectivity index (χ2n) is 2.09. The third kappa shape index (κ3) is 3.64. The van der Waals surface area contributed by atoms with Crippen molar-refractivity contribution in [2.45, 2.75) is 17.3 Å². The molecule has 0 fully saturated rings. The van der Waals surface area contributed by atoms with Crippen molar-refractivity contribution in [3.63, 3.8) is 0 Å². The van der Waals surface area contributed by atoms with Crippen molar-refractivity contribution in [2.24, 2.45) is 0 Å². The van der Waals surface area contributed by atoms with Gasteiger partial charge in [-0.05, 0) is 13.8 Å². The SMILES string of the molecule is [B]N(I)C(=O)C(C)(C)I. The maximum atomic E-state index is 11.0. The molecule has 0 aromatic heterocycles. The van der Waals surface area contributed by atoms with Gasteiger partial charge in [0, 0.05) is 22.9 Å². The third-order valence-electron chi connectivity index (χ3n) is 0.703. The van der Waals surface area contributed by atoms with E-state index in [1.54, 1.807) is 22.9 Å². The lowest BCUT2D eigenvalue weighted by Crippen LogP contribution is -2.33. The van der Waals surface area contributed by atoms with Crippen LogP contribution in [0.2, 0.25) is 0 Å². The van der Waals surface area contributed by atoms with Crippen LogP contribution in [0.15, 0.2) is 0 Å². The van der Waals surface area contributed by atoms with E-state index >= 15 is 0 Å².